The Bertz CT molecular complexity index is 747. The molecule has 2 aromatic rings. The number of rotatable bonds is 5. The SMILES string of the molecule is Cc1cc(C)c(NCC(=O)N/N=C\c2c(F)cccc2Cl)c(C)c1. The number of nitrogens with zero attached hydrogens (tertiary/aromatic N) is 1. The number of hydrazone groups is 1. The first kappa shape index (κ1) is 17.9. The summed E-state index contributed by atoms with van der Waals surface area (Å²) in [5.74, 6) is -0.831. The minimum atomic E-state index is -0.496. The van der Waals surface area contributed by atoms with Crippen LogP contribution >= 0.6 is 11.6 Å². The van der Waals surface area contributed by atoms with Crippen molar-refractivity contribution in [3.05, 3.63) is 63.4 Å². The lowest BCUT2D eigenvalue weighted by Gasteiger charge is -2.13. The zero-order valence-corrected chi connectivity index (χ0v) is 14.5. The molecule has 0 radical (unpaired) electrons. The van der Waals surface area contributed by atoms with E-state index in [1.54, 1.807) is 6.07 Å². The quantitative estimate of drug-likeness (QED) is 0.635. The summed E-state index contributed by atoms with van der Waals surface area (Å²) in [5.41, 5.74) is 6.73. The van der Waals surface area contributed by atoms with Gasteiger partial charge in [0.25, 0.3) is 5.91 Å². The zero-order chi connectivity index (χ0) is 17.7. The second-order valence-electron chi connectivity index (χ2n) is 5.56. The number of carbonyl (C=O) groups excluding carboxylic acids is 1. The minimum absolute atomic E-state index is 0.0626. The Balaban J connectivity index is 1.94. The van der Waals surface area contributed by atoms with Gasteiger partial charge in [-0.15, -0.1) is 0 Å². The number of nitrogens with one attached hydrogen (secondary N) is 2. The summed E-state index contributed by atoms with van der Waals surface area (Å²) in [7, 11) is 0. The molecule has 0 unspecified atom stereocenters. The molecule has 0 aliphatic heterocycles. The lowest BCUT2D eigenvalue weighted by Crippen LogP contribution is -2.26. The van der Waals surface area contributed by atoms with Gasteiger partial charge in [0.15, 0.2) is 0 Å². The number of hydrogen-bond acceptors (Lipinski definition) is 3. The highest BCUT2D eigenvalue weighted by molar-refractivity contribution is 6.33. The number of anilines is 1. The van der Waals surface area contributed by atoms with Gasteiger partial charge < -0.3 is 5.32 Å². The maximum atomic E-state index is 13.6. The molecule has 0 bridgehead atoms. The minimum Gasteiger partial charge on any atom is -0.376 e. The predicted molar refractivity (Wildman–Crippen MR) is 96.3 cm³/mol. The van der Waals surface area contributed by atoms with E-state index in [0.717, 1.165) is 16.8 Å². The fourth-order valence-corrected chi connectivity index (χ4v) is 2.68. The molecule has 24 heavy (non-hydrogen) atoms. The molecule has 0 atom stereocenters. The predicted octanol–water partition coefficient (Wildman–Crippen LogP) is 3.97. The van der Waals surface area contributed by atoms with Crippen LogP contribution in [-0.2, 0) is 4.79 Å². The Morgan fingerprint density at radius 2 is 1.92 bits per heavy atom. The van der Waals surface area contributed by atoms with E-state index in [-0.39, 0.29) is 23.0 Å². The third-order valence-electron chi connectivity index (χ3n) is 3.49. The van der Waals surface area contributed by atoms with E-state index >= 15 is 0 Å². The van der Waals surface area contributed by atoms with Crippen LogP contribution in [0.4, 0.5) is 10.1 Å². The average Bonchev–Trinajstić information content (AvgIpc) is 2.49. The van der Waals surface area contributed by atoms with Crippen molar-refractivity contribution in [2.75, 3.05) is 11.9 Å². The maximum Gasteiger partial charge on any atom is 0.259 e. The zero-order valence-electron chi connectivity index (χ0n) is 13.8. The lowest BCUT2D eigenvalue weighted by molar-refractivity contribution is -0.119. The van der Waals surface area contributed by atoms with Gasteiger partial charge in [-0.1, -0.05) is 35.4 Å². The van der Waals surface area contributed by atoms with Crippen molar-refractivity contribution in [3.8, 4) is 0 Å². The van der Waals surface area contributed by atoms with E-state index in [1.807, 2.05) is 32.9 Å². The first-order valence-electron chi connectivity index (χ1n) is 7.46. The Labute approximate surface area is 145 Å². The Kier molecular flexibility index (Phi) is 5.93. The molecule has 2 aromatic carbocycles. The van der Waals surface area contributed by atoms with Crippen molar-refractivity contribution < 1.29 is 9.18 Å². The van der Waals surface area contributed by atoms with Crippen molar-refractivity contribution in [2.45, 2.75) is 20.8 Å². The molecule has 0 spiro atoms. The van der Waals surface area contributed by atoms with Crippen LogP contribution in [0.2, 0.25) is 5.02 Å². The molecular formula is C18H19ClFN3O. The van der Waals surface area contributed by atoms with Gasteiger partial charge >= 0.3 is 0 Å². The monoisotopic (exact) mass is 347 g/mol. The summed E-state index contributed by atoms with van der Waals surface area (Å²) >= 11 is 5.88. The average molecular weight is 348 g/mol. The van der Waals surface area contributed by atoms with Crippen LogP contribution in [0.15, 0.2) is 35.4 Å². The van der Waals surface area contributed by atoms with Gasteiger partial charge in [0.2, 0.25) is 0 Å². The lowest BCUT2D eigenvalue weighted by atomic mass is 10.1. The summed E-state index contributed by atoms with van der Waals surface area (Å²) < 4.78 is 13.6. The van der Waals surface area contributed by atoms with Crippen LogP contribution < -0.4 is 10.7 Å². The summed E-state index contributed by atoms with van der Waals surface area (Å²) in [6, 6.07) is 8.43. The molecule has 2 rings (SSSR count). The summed E-state index contributed by atoms with van der Waals surface area (Å²) in [6.45, 7) is 6.06. The van der Waals surface area contributed by atoms with E-state index < -0.39 is 5.82 Å². The molecular weight excluding hydrogens is 329 g/mol. The summed E-state index contributed by atoms with van der Waals surface area (Å²) in [4.78, 5) is 11.9. The Hall–Kier alpha value is -2.40. The fraction of sp³-hybridized carbons (Fsp3) is 0.222. The maximum absolute atomic E-state index is 13.6. The first-order chi connectivity index (χ1) is 11.4. The molecule has 4 nitrogen and oxygen atoms in total. The van der Waals surface area contributed by atoms with Crippen molar-refractivity contribution in [2.24, 2.45) is 5.10 Å². The van der Waals surface area contributed by atoms with Crippen molar-refractivity contribution in [1.82, 2.24) is 5.43 Å². The van der Waals surface area contributed by atoms with Crippen LogP contribution in [0.5, 0.6) is 0 Å². The van der Waals surface area contributed by atoms with E-state index in [4.69, 9.17) is 11.6 Å². The van der Waals surface area contributed by atoms with E-state index in [9.17, 15) is 9.18 Å². The standard InChI is InChI=1S/C18H19ClFN3O/c1-11-7-12(2)18(13(3)8-11)21-10-17(24)23-22-9-14-15(19)5-4-6-16(14)20/h4-9,21H,10H2,1-3H3,(H,23,24)/b22-9-. The Morgan fingerprint density at radius 1 is 1.25 bits per heavy atom. The van der Waals surface area contributed by atoms with Gasteiger partial charge in [0.05, 0.1) is 17.8 Å². The van der Waals surface area contributed by atoms with Crippen molar-refractivity contribution in [3.63, 3.8) is 0 Å². The highest BCUT2D eigenvalue weighted by Gasteiger charge is 2.07. The van der Waals surface area contributed by atoms with Crippen LogP contribution in [0, 0.1) is 26.6 Å². The fourth-order valence-electron chi connectivity index (χ4n) is 2.47. The second-order valence-corrected chi connectivity index (χ2v) is 5.96. The van der Waals surface area contributed by atoms with Crippen LogP contribution in [0.25, 0.3) is 0 Å². The van der Waals surface area contributed by atoms with Gasteiger partial charge in [0, 0.05) is 11.3 Å². The number of aryl methyl sites for hydroxylation is 3. The normalized spacial score (nSPS) is 10.9. The molecule has 0 heterocycles. The number of carbonyl (C=O) groups is 1. The third kappa shape index (κ3) is 4.55. The molecule has 1 amide bonds. The number of benzene rings is 2. The van der Waals surface area contributed by atoms with Crippen molar-refractivity contribution >= 4 is 29.4 Å². The molecule has 0 aromatic heterocycles. The Morgan fingerprint density at radius 3 is 2.54 bits per heavy atom. The molecule has 2 N–H and O–H groups in total. The third-order valence-corrected chi connectivity index (χ3v) is 3.81. The highest BCUT2D eigenvalue weighted by atomic mass is 35.5. The van der Waals surface area contributed by atoms with Gasteiger partial charge in [-0.05, 0) is 44.0 Å². The van der Waals surface area contributed by atoms with Crippen LogP contribution in [-0.4, -0.2) is 18.7 Å². The molecule has 0 aliphatic carbocycles. The molecule has 6 heteroatoms. The van der Waals surface area contributed by atoms with E-state index in [0.29, 0.717) is 0 Å². The topological polar surface area (TPSA) is 53.5 Å². The first-order valence-corrected chi connectivity index (χ1v) is 7.84. The highest BCUT2D eigenvalue weighted by Crippen LogP contribution is 2.21. The van der Waals surface area contributed by atoms with Gasteiger partial charge in [-0.3, -0.25) is 4.79 Å². The largest absolute Gasteiger partial charge is 0.376 e. The number of amides is 1. The van der Waals surface area contributed by atoms with Crippen LogP contribution in [0.1, 0.15) is 22.3 Å². The molecule has 0 aliphatic rings. The molecule has 126 valence electrons. The molecule has 0 fully saturated rings. The molecule has 0 saturated heterocycles. The summed E-state index contributed by atoms with van der Waals surface area (Å²) in [6.07, 6.45) is 1.19. The van der Waals surface area contributed by atoms with Gasteiger partial charge in [0.1, 0.15) is 5.82 Å². The number of hydrogen-bond donors (Lipinski definition) is 2. The smallest absolute Gasteiger partial charge is 0.259 e. The van der Waals surface area contributed by atoms with Gasteiger partial charge in [-0.25, -0.2) is 9.82 Å². The van der Waals surface area contributed by atoms with E-state index in [1.165, 1.54) is 23.9 Å². The second kappa shape index (κ2) is 7.93. The van der Waals surface area contributed by atoms with E-state index in [2.05, 4.69) is 15.8 Å². The van der Waals surface area contributed by atoms with Crippen molar-refractivity contribution in [1.29, 1.82) is 0 Å². The summed E-state index contributed by atoms with van der Waals surface area (Å²) in [5, 5.41) is 7.07. The van der Waals surface area contributed by atoms with Gasteiger partial charge in [-0.2, -0.15) is 5.10 Å². The number of halogens is 2. The molecule has 0 saturated carbocycles. The van der Waals surface area contributed by atoms with Crippen LogP contribution in [0.3, 0.4) is 0 Å².